The third kappa shape index (κ3) is 3.95. The molecular formula is C21H23N3O2S. The number of amides is 1. The predicted molar refractivity (Wildman–Crippen MR) is 112 cm³/mol. The van der Waals surface area contributed by atoms with E-state index in [0.29, 0.717) is 22.1 Å². The van der Waals surface area contributed by atoms with Crippen molar-refractivity contribution in [2.24, 2.45) is 0 Å². The molecule has 0 aliphatic carbocycles. The summed E-state index contributed by atoms with van der Waals surface area (Å²) in [5.74, 6) is 0.407. The van der Waals surface area contributed by atoms with Crippen LogP contribution >= 0.6 is 12.2 Å². The fourth-order valence-electron chi connectivity index (χ4n) is 3.24. The minimum Gasteiger partial charge on any atom is -0.495 e. The monoisotopic (exact) mass is 381 g/mol. The van der Waals surface area contributed by atoms with Gasteiger partial charge >= 0.3 is 0 Å². The molecular weight excluding hydrogens is 358 g/mol. The lowest BCUT2D eigenvalue weighted by molar-refractivity contribution is -0.113. The number of rotatable bonds is 4. The maximum absolute atomic E-state index is 13.2. The summed E-state index contributed by atoms with van der Waals surface area (Å²) in [5.41, 5.74) is 5.21. The average Bonchev–Trinajstić information content (AvgIpc) is 2.63. The molecule has 2 aromatic carbocycles. The van der Waals surface area contributed by atoms with Crippen LogP contribution in [0.4, 0.5) is 5.69 Å². The van der Waals surface area contributed by atoms with Crippen LogP contribution in [0, 0.1) is 13.8 Å². The molecule has 1 atom stereocenters. The lowest BCUT2D eigenvalue weighted by atomic mass is 9.91. The highest BCUT2D eigenvalue weighted by Gasteiger charge is 2.31. The Hall–Kier alpha value is -2.86. The van der Waals surface area contributed by atoms with E-state index in [4.69, 9.17) is 17.0 Å². The van der Waals surface area contributed by atoms with Gasteiger partial charge in [-0.3, -0.25) is 4.79 Å². The summed E-state index contributed by atoms with van der Waals surface area (Å²) in [7, 11) is 1.58. The normalized spacial score (nSPS) is 16.4. The Morgan fingerprint density at radius 3 is 2.63 bits per heavy atom. The fraction of sp³-hybridized carbons (Fsp3) is 0.238. The Bertz CT molecular complexity index is 937. The number of benzene rings is 2. The maximum atomic E-state index is 13.2. The second-order valence-corrected chi connectivity index (χ2v) is 6.99. The first kappa shape index (κ1) is 18.9. The van der Waals surface area contributed by atoms with E-state index in [0.717, 1.165) is 22.4 Å². The number of anilines is 1. The second-order valence-electron chi connectivity index (χ2n) is 6.58. The molecule has 140 valence electrons. The van der Waals surface area contributed by atoms with E-state index in [9.17, 15) is 4.79 Å². The van der Waals surface area contributed by atoms with Crippen LogP contribution < -0.4 is 20.7 Å². The van der Waals surface area contributed by atoms with E-state index in [1.165, 1.54) is 0 Å². The molecule has 3 rings (SSSR count). The summed E-state index contributed by atoms with van der Waals surface area (Å²) >= 11 is 5.34. The number of allylic oxidation sites excluding steroid dienone is 1. The van der Waals surface area contributed by atoms with Crippen molar-refractivity contribution in [1.82, 2.24) is 10.6 Å². The predicted octanol–water partition coefficient (Wildman–Crippen LogP) is 3.74. The van der Waals surface area contributed by atoms with E-state index in [-0.39, 0.29) is 11.9 Å². The fourth-order valence-corrected chi connectivity index (χ4v) is 3.51. The van der Waals surface area contributed by atoms with E-state index in [1.54, 1.807) is 7.11 Å². The molecule has 1 aliphatic rings. The SMILES string of the molecule is COc1ccccc1NC(=O)C1=C(C)NC(=S)N[C@@H]1c1cc(C)ccc1C. The molecule has 1 heterocycles. The van der Waals surface area contributed by atoms with Gasteiger partial charge in [-0.2, -0.15) is 0 Å². The number of hydrogen-bond donors (Lipinski definition) is 3. The van der Waals surface area contributed by atoms with Crippen LogP contribution in [-0.4, -0.2) is 18.1 Å². The largest absolute Gasteiger partial charge is 0.495 e. The zero-order valence-corrected chi connectivity index (χ0v) is 16.7. The molecule has 1 aliphatic heterocycles. The number of thiocarbonyl (C=S) groups is 1. The highest BCUT2D eigenvalue weighted by Crippen LogP contribution is 2.31. The molecule has 27 heavy (non-hydrogen) atoms. The molecule has 6 heteroatoms. The molecule has 0 fully saturated rings. The van der Waals surface area contributed by atoms with Crippen molar-refractivity contribution >= 4 is 28.9 Å². The molecule has 0 unspecified atom stereocenters. The van der Waals surface area contributed by atoms with E-state index in [2.05, 4.69) is 34.1 Å². The van der Waals surface area contributed by atoms with Gasteiger partial charge < -0.3 is 20.7 Å². The van der Waals surface area contributed by atoms with Crippen LogP contribution in [0.2, 0.25) is 0 Å². The van der Waals surface area contributed by atoms with Crippen molar-refractivity contribution < 1.29 is 9.53 Å². The number of para-hydroxylation sites is 2. The van der Waals surface area contributed by atoms with Gasteiger partial charge in [0.15, 0.2) is 5.11 Å². The van der Waals surface area contributed by atoms with Crippen molar-refractivity contribution in [3.8, 4) is 5.75 Å². The first-order valence-corrected chi connectivity index (χ1v) is 9.11. The van der Waals surface area contributed by atoms with Crippen LogP contribution in [0.1, 0.15) is 29.7 Å². The van der Waals surface area contributed by atoms with Gasteiger partial charge in [0.2, 0.25) is 0 Å². The van der Waals surface area contributed by atoms with Gasteiger partial charge in [-0.25, -0.2) is 0 Å². The lowest BCUT2D eigenvalue weighted by Gasteiger charge is -2.31. The van der Waals surface area contributed by atoms with E-state index in [1.807, 2.05) is 45.0 Å². The molecule has 0 bridgehead atoms. The maximum Gasteiger partial charge on any atom is 0.255 e. The molecule has 3 N–H and O–H groups in total. The van der Waals surface area contributed by atoms with Crippen LogP contribution in [0.3, 0.4) is 0 Å². The summed E-state index contributed by atoms with van der Waals surface area (Å²) in [5, 5.41) is 9.79. The van der Waals surface area contributed by atoms with Crippen molar-refractivity contribution in [1.29, 1.82) is 0 Å². The van der Waals surface area contributed by atoms with Gasteiger partial charge in [0, 0.05) is 5.70 Å². The quantitative estimate of drug-likeness (QED) is 0.704. The Morgan fingerprint density at radius 2 is 1.89 bits per heavy atom. The first-order chi connectivity index (χ1) is 12.9. The number of methoxy groups -OCH3 is 1. The Kier molecular flexibility index (Phi) is 5.46. The van der Waals surface area contributed by atoms with Gasteiger partial charge in [-0.1, -0.05) is 35.9 Å². The van der Waals surface area contributed by atoms with Gasteiger partial charge in [0.1, 0.15) is 5.75 Å². The zero-order valence-electron chi connectivity index (χ0n) is 15.8. The van der Waals surface area contributed by atoms with Gasteiger partial charge in [-0.15, -0.1) is 0 Å². The summed E-state index contributed by atoms with van der Waals surface area (Å²) in [6, 6.07) is 13.2. The van der Waals surface area contributed by atoms with Crippen molar-refractivity contribution in [3.05, 3.63) is 70.4 Å². The summed E-state index contributed by atoms with van der Waals surface area (Å²) in [6.07, 6.45) is 0. The second kappa shape index (κ2) is 7.80. The van der Waals surface area contributed by atoms with Crippen LogP contribution in [-0.2, 0) is 4.79 Å². The molecule has 5 nitrogen and oxygen atoms in total. The van der Waals surface area contributed by atoms with Crippen molar-refractivity contribution in [2.75, 3.05) is 12.4 Å². The lowest BCUT2D eigenvalue weighted by Crippen LogP contribution is -2.46. The van der Waals surface area contributed by atoms with Crippen LogP contribution in [0.5, 0.6) is 5.75 Å². The molecule has 1 amide bonds. The Labute approximate surface area is 164 Å². The van der Waals surface area contributed by atoms with Crippen LogP contribution in [0.25, 0.3) is 0 Å². The zero-order chi connectivity index (χ0) is 19.6. The van der Waals surface area contributed by atoms with Gasteiger partial charge in [0.05, 0.1) is 24.4 Å². The van der Waals surface area contributed by atoms with Gasteiger partial charge in [0.25, 0.3) is 5.91 Å². The average molecular weight is 382 g/mol. The van der Waals surface area contributed by atoms with Crippen molar-refractivity contribution in [3.63, 3.8) is 0 Å². The van der Waals surface area contributed by atoms with Crippen LogP contribution in [0.15, 0.2) is 53.7 Å². The summed E-state index contributed by atoms with van der Waals surface area (Å²) in [6.45, 7) is 5.93. The Balaban J connectivity index is 2.01. The smallest absolute Gasteiger partial charge is 0.255 e. The third-order valence-corrected chi connectivity index (χ3v) is 4.83. The summed E-state index contributed by atoms with van der Waals surface area (Å²) in [4.78, 5) is 13.2. The number of carbonyl (C=O) groups is 1. The highest BCUT2D eigenvalue weighted by atomic mass is 32.1. The minimum atomic E-state index is -0.326. The number of aryl methyl sites for hydroxylation is 2. The first-order valence-electron chi connectivity index (χ1n) is 8.70. The number of ether oxygens (including phenoxy) is 1. The van der Waals surface area contributed by atoms with Gasteiger partial charge in [-0.05, 0) is 56.2 Å². The molecule has 2 aromatic rings. The van der Waals surface area contributed by atoms with E-state index >= 15 is 0 Å². The topological polar surface area (TPSA) is 62.4 Å². The Morgan fingerprint density at radius 1 is 1.15 bits per heavy atom. The summed E-state index contributed by atoms with van der Waals surface area (Å²) < 4.78 is 5.34. The van der Waals surface area contributed by atoms with E-state index < -0.39 is 0 Å². The molecule has 0 aromatic heterocycles. The molecule has 0 radical (unpaired) electrons. The standard InChI is InChI=1S/C21H23N3O2S/c1-12-9-10-13(2)15(11-12)19-18(14(3)22-21(27)24-19)20(25)23-16-7-5-6-8-17(16)26-4/h5-11,19H,1-4H3,(H,23,25)(H2,22,24,27)/t19-/m1/s1. The number of hydrogen-bond acceptors (Lipinski definition) is 3. The molecule has 0 saturated carbocycles. The molecule has 0 saturated heterocycles. The number of nitrogens with one attached hydrogen (secondary N) is 3. The molecule has 0 spiro atoms. The number of carbonyl (C=O) groups excluding carboxylic acids is 1. The third-order valence-electron chi connectivity index (χ3n) is 4.61. The highest BCUT2D eigenvalue weighted by molar-refractivity contribution is 7.80. The van der Waals surface area contributed by atoms with Crippen molar-refractivity contribution in [2.45, 2.75) is 26.8 Å². The minimum absolute atomic E-state index is 0.203.